The Morgan fingerprint density at radius 1 is 0.975 bits per heavy atom. The lowest BCUT2D eigenvalue weighted by molar-refractivity contribution is 0.190. The van der Waals surface area contributed by atoms with Crippen LogP contribution >= 0.6 is 0 Å². The second-order valence-corrected chi connectivity index (χ2v) is 11.6. The summed E-state index contributed by atoms with van der Waals surface area (Å²) in [4.78, 5) is 13.2. The van der Waals surface area contributed by atoms with Crippen LogP contribution in [0.1, 0.15) is 49.7 Å². The molecule has 2 aromatic rings. The third-order valence-corrected chi connectivity index (χ3v) is 7.90. The van der Waals surface area contributed by atoms with Gasteiger partial charge in [0, 0.05) is 57.9 Å². The van der Waals surface area contributed by atoms with E-state index in [0.29, 0.717) is 51.0 Å². The van der Waals surface area contributed by atoms with Gasteiger partial charge in [-0.15, -0.1) is 0 Å². The first-order valence-electron chi connectivity index (χ1n) is 14.3. The first-order valence-corrected chi connectivity index (χ1v) is 15.7. The molecule has 1 aromatic heterocycles. The van der Waals surface area contributed by atoms with Gasteiger partial charge in [0.05, 0.1) is 6.61 Å². The molecule has 2 fully saturated rings. The monoisotopic (exact) mass is 576 g/mol. The highest BCUT2D eigenvalue weighted by Gasteiger charge is 2.20. The largest absolute Gasteiger partial charge is 0.397 e. The summed E-state index contributed by atoms with van der Waals surface area (Å²) in [6.45, 7) is 6.70. The van der Waals surface area contributed by atoms with Crippen molar-refractivity contribution in [3.05, 3.63) is 41.5 Å². The van der Waals surface area contributed by atoms with Crippen LogP contribution in [0.15, 0.2) is 30.3 Å². The molecular formula is C27H44N8O4S. The number of benzene rings is 1. The number of hydrogen-bond donors (Lipinski definition) is 5. The van der Waals surface area contributed by atoms with Gasteiger partial charge in [-0.25, -0.2) is 4.18 Å². The normalized spacial score (nSPS) is 17.3. The Balaban J connectivity index is 1.15. The Kier molecular flexibility index (Phi) is 11.7. The van der Waals surface area contributed by atoms with Crippen LogP contribution < -0.4 is 26.6 Å². The number of nitrogen functional groups attached to an aromatic ring is 1. The van der Waals surface area contributed by atoms with E-state index in [1.54, 1.807) is 6.07 Å². The molecule has 0 spiro atoms. The zero-order valence-electron chi connectivity index (χ0n) is 23.2. The van der Waals surface area contributed by atoms with Gasteiger partial charge in [-0.05, 0) is 43.5 Å². The number of aromatic nitrogens is 2. The lowest BCUT2D eigenvalue weighted by atomic mass is 9.95. The molecule has 0 bridgehead atoms. The fraction of sp³-hybridized carbons (Fsp3) is 0.630. The van der Waals surface area contributed by atoms with Crippen molar-refractivity contribution < 1.29 is 17.2 Å². The van der Waals surface area contributed by atoms with Gasteiger partial charge in [-0.3, -0.25) is 9.45 Å². The Labute approximate surface area is 238 Å². The van der Waals surface area contributed by atoms with E-state index in [1.807, 2.05) is 0 Å². The first-order chi connectivity index (χ1) is 19.3. The van der Waals surface area contributed by atoms with Crippen LogP contribution in [-0.2, 0) is 27.7 Å². The number of piperazine rings is 1. The molecule has 0 atom stereocenters. The summed E-state index contributed by atoms with van der Waals surface area (Å²) in [7, 11) is -4.41. The molecule has 0 unspecified atom stereocenters. The van der Waals surface area contributed by atoms with Gasteiger partial charge in [0.25, 0.3) is 0 Å². The molecule has 40 heavy (non-hydrogen) atoms. The maximum Gasteiger partial charge on any atom is 0.397 e. The lowest BCUT2D eigenvalue weighted by Crippen LogP contribution is -2.47. The molecule has 1 saturated carbocycles. The molecule has 12 nitrogen and oxygen atoms in total. The van der Waals surface area contributed by atoms with Crippen molar-refractivity contribution in [2.75, 3.05) is 68.4 Å². The molecule has 6 N–H and O–H groups in total. The molecule has 222 valence electrons. The van der Waals surface area contributed by atoms with E-state index in [-0.39, 0.29) is 6.61 Å². The lowest BCUT2D eigenvalue weighted by Gasteiger charge is -2.35. The molecule has 1 aromatic carbocycles. The summed E-state index contributed by atoms with van der Waals surface area (Å²) < 4.78 is 34.5. The minimum Gasteiger partial charge on any atom is -0.383 e. The summed E-state index contributed by atoms with van der Waals surface area (Å²) >= 11 is 0. The van der Waals surface area contributed by atoms with Gasteiger partial charge < -0.3 is 26.6 Å². The Morgan fingerprint density at radius 2 is 1.68 bits per heavy atom. The predicted molar refractivity (Wildman–Crippen MR) is 158 cm³/mol. The summed E-state index contributed by atoms with van der Waals surface area (Å²) in [6.07, 6.45) is 7.95. The predicted octanol–water partition coefficient (Wildman–Crippen LogP) is 2.01. The molecule has 1 saturated heterocycles. The van der Waals surface area contributed by atoms with E-state index < -0.39 is 10.4 Å². The van der Waals surface area contributed by atoms with Crippen molar-refractivity contribution in [2.24, 2.45) is 0 Å². The molecule has 0 radical (unpaired) electrons. The molecule has 2 aliphatic rings. The number of anilines is 3. The maximum absolute atomic E-state index is 10.7. The fourth-order valence-electron chi connectivity index (χ4n) is 5.18. The average Bonchev–Trinajstić information content (AvgIpc) is 2.94. The minimum absolute atomic E-state index is 0.0804. The van der Waals surface area contributed by atoms with Crippen LogP contribution in [0, 0.1) is 0 Å². The molecular weight excluding hydrogens is 532 g/mol. The Morgan fingerprint density at radius 3 is 2.38 bits per heavy atom. The second-order valence-electron chi connectivity index (χ2n) is 10.5. The SMILES string of the molecule is Nc1cc(N2CCN(CCOS(=O)(=O)O)CC2)nc(NCc2ccc(CNCCCNC3CCCCC3)cc2)n1. The van der Waals surface area contributed by atoms with E-state index in [0.717, 1.165) is 43.5 Å². The van der Waals surface area contributed by atoms with Crippen molar-refractivity contribution in [3.63, 3.8) is 0 Å². The third-order valence-electron chi connectivity index (χ3n) is 7.44. The minimum atomic E-state index is -4.41. The summed E-state index contributed by atoms with van der Waals surface area (Å²) in [6, 6.07) is 11.0. The Bertz CT molecular complexity index is 1140. The van der Waals surface area contributed by atoms with Gasteiger partial charge >= 0.3 is 10.4 Å². The van der Waals surface area contributed by atoms with Gasteiger partial charge in [0.15, 0.2) is 0 Å². The quantitative estimate of drug-likeness (QED) is 0.155. The molecule has 1 aliphatic heterocycles. The van der Waals surface area contributed by atoms with Crippen molar-refractivity contribution in [2.45, 2.75) is 57.7 Å². The number of nitrogens with one attached hydrogen (secondary N) is 3. The summed E-state index contributed by atoms with van der Waals surface area (Å²) in [5.74, 6) is 1.62. The van der Waals surface area contributed by atoms with Crippen LogP contribution in [0.4, 0.5) is 17.6 Å². The van der Waals surface area contributed by atoms with Crippen molar-refractivity contribution in [1.82, 2.24) is 25.5 Å². The highest BCUT2D eigenvalue weighted by molar-refractivity contribution is 7.80. The van der Waals surface area contributed by atoms with Gasteiger partial charge in [0.1, 0.15) is 11.6 Å². The number of nitrogens with two attached hydrogens (primary N) is 1. The smallest absolute Gasteiger partial charge is 0.383 e. The number of hydrogen-bond acceptors (Lipinski definition) is 11. The molecule has 0 amide bonds. The maximum atomic E-state index is 10.7. The zero-order chi connectivity index (χ0) is 28.2. The number of nitrogens with zero attached hydrogens (tertiary/aromatic N) is 4. The average molecular weight is 577 g/mol. The highest BCUT2D eigenvalue weighted by atomic mass is 32.3. The molecule has 13 heteroatoms. The first kappa shape index (κ1) is 30.4. The van der Waals surface area contributed by atoms with Crippen molar-refractivity contribution in [1.29, 1.82) is 0 Å². The highest BCUT2D eigenvalue weighted by Crippen LogP contribution is 2.19. The van der Waals surface area contributed by atoms with Gasteiger partial charge in [0.2, 0.25) is 5.95 Å². The second kappa shape index (κ2) is 15.5. The summed E-state index contributed by atoms with van der Waals surface area (Å²) in [5.41, 5.74) is 8.46. The van der Waals surface area contributed by atoms with E-state index >= 15 is 0 Å². The third kappa shape index (κ3) is 10.8. The van der Waals surface area contributed by atoms with Gasteiger partial charge in [-0.2, -0.15) is 18.4 Å². The van der Waals surface area contributed by atoms with Crippen LogP contribution in [0.25, 0.3) is 0 Å². The van der Waals surface area contributed by atoms with E-state index in [1.165, 1.54) is 37.7 Å². The van der Waals surface area contributed by atoms with E-state index in [4.69, 9.17) is 10.3 Å². The van der Waals surface area contributed by atoms with Crippen LogP contribution in [0.3, 0.4) is 0 Å². The van der Waals surface area contributed by atoms with E-state index in [9.17, 15) is 8.42 Å². The molecule has 2 heterocycles. The van der Waals surface area contributed by atoms with Crippen LogP contribution in [-0.4, -0.2) is 86.3 Å². The van der Waals surface area contributed by atoms with Gasteiger partial charge in [-0.1, -0.05) is 43.5 Å². The van der Waals surface area contributed by atoms with E-state index in [2.05, 4.69) is 64.2 Å². The molecule has 1 aliphatic carbocycles. The fourth-order valence-corrected chi connectivity index (χ4v) is 5.47. The van der Waals surface area contributed by atoms with Crippen molar-refractivity contribution in [3.8, 4) is 0 Å². The zero-order valence-corrected chi connectivity index (χ0v) is 24.0. The van der Waals surface area contributed by atoms with Crippen LogP contribution in [0.5, 0.6) is 0 Å². The topological polar surface area (TPSA) is 158 Å². The standard InChI is InChI=1S/C27H44N8O4S/c28-25-19-26(35-15-13-34(14-16-35)17-18-39-40(36,37)38)33-27(32-25)31-21-23-9-7-22(8-10-23)20-29-11-4-12-30-24-5-2-1-3-6-24/h7-10,19,24,29-30H,1-6,11-18,20-21H2,(H,36,37,38)(H3,28,31,32,33). The molecule has 4 rings (SSSR count). The Hall–Kier alpha value is -2.55. The van der Waals surface area contributed by atoms with Crippen molar-refractivity contribution >= 4 is 28.0 Å². The van der Waals surface area contributed by atoms with Crippen LogP contribution in [0.2, 0.25) is 0 Å². The summed E-state index contributed by atoms with van der Waals surface area (Å²) in [5, 5.41) is 10.5. The number of rotatable bonds is 15.